The highest BCUT2D eigenvalue weighted by Gasteiger charge is 2.06. The molecule has 3 N–H and O–H groups in total. The first kappa shape index (κ1) is 9.79. The van der Waals surface area contributed by atoms with Crippen LogP contribution < -0.4 is 11.0 Å². The van der Waals surface area contributed by atoms with E-state index in [9.17, 15) is 9.90 Å². The first-order valence-corrected chi connectivity index (χ1v) is 4.78. The Labute approximate surface area is 86.4 Å². The van der Waals surface area contributed by atoms with Gasteiger partial charge >= 0.3 is 5.69 Å². The first-order chi connectivity index (χ1) is 7.22. The van der Waals surface area contributed by atoms with Gasteiger partial charge in [-0.3, -0.25) is 4.57 Å². The number of hydrogen-bond acceptors (Lipinski definition) is 3. The van der Waals surface area contributed by atoms with Crippen molar-refractivity contribution < 1.29 is 5.11 Å². The second-order valence-electron chi connectivity index (χ2n) is 3.39. The number of imidazole rings is 1. The van der Waals surface area contributed by atoms with Gasteiger partial charge in [0, 0.05) is 19.2 Å². The molecule has 0 aliphatic heterocycles. The Hall–Kier alpha value is -1.75. The van der Waals surface area contributed by atoms with Crippen LogP contribution in [0, 0.1) is 0 Å². The van der Waals surface area contributed by atoms with Crippen LogP contribution in [0.3, 0.4) is 0 Å². The van der Waals surface area contributed by atoms with Gasteiger partial charge in [0.15, 0.2) is 0 Å². The van der Waals surface area contributed by atoms with Crippen LogP contribution in [-0.2, 0) is 6.54 Å². The number of aromatic hydroxyl groups is 1. The van der Waals surface area contributed by atoms with Crippen molar-refractivity contribution in [1.82, 2.24) is 14.9 Å². The molecule has 0 aliphatic rings. The highest BCUT2D eigenvalue weighted by molar-refractivity contribution is 5.76. The summed E-state index contributed by atoms with van der Waals surface area (Å²) in [5.41, 5.74) is 1.33. The van der Waals surface area contributed by atoms with Crippen LogP contribution in [0.1, 0.15) is 0 Å². The number of aromatic nitrogens is 2. The molecule has 0 aliphatic carbocycles. The van der Waals surface area contributed by atoms with E-state index in [2.05, 4.69) is 10.3 Å². The molecular weight excluding hydrogens is 194 g/mol. The zero-order valence-electron chi connectivity index (χ0n) is 8.45. The van der Waals surface area contributed by atoms with E-state index in [1.54, 1.807) is 22.8 Å². The molecule has 15 heavy (non-hydrogen) atoms. The number of phenols is 1. The monoisotopic (exact) mass is 207 g/mol. The number of H-pyrrole nitrogens is 1. The van der Waals surface area contributed by atoms with Crippen molar-refractivity contribution in [3.63, 3.8) is 0 Å². The molecule has 0 spiro atoms. The first-order valence-electron chi connectivity index (χ1n) is 4.78. The maximum atomic E-state index is 11.6. The van der Waals surface area contributed by atoms with Gasteiger partial charge in [-0.05, 0) is 19.2 Å². The Kier molecular flexibility index (Phi) is 2.47. The molecule has 0 fully saturated rings. The van der Waals surface area contributed by atoms with Gasteiger partial charge in [0.2, 0.25) is 0 Å². The lowest BCUT2D eigenvalue weighted by molar-refractivity contribution is 0.475. The van der Waals surface area contributed by atoms with E-state index in [4.69, 9.17) is 0 Å². The molecule has 2 aromatic rings. The summed E-state index contributed by atoms with van der Waals surface area (Å²) in [6, 6.07) is 4.84. The van der Waals surface area contributed by atoms with Crippen LogP contribution in [0.25, 0.3) is 11.0 Å². The largest absolute Gasteiger partial charge is 0.508 e. The minimum Gasteiger partial charge on any atom is -0.508 e. The average Bonchev–Trinajstić information content (AvgIpc) is 2.51. The van der Waals surface area contributed by atoms with Crippen LogP contribution >= 0.6 is 0 Å². The van der Waals surface area contributed by atoms with E-state index in [1.165, 1.54) is 0 Å². The molecule has 1 aromatic heterocycles. The van der Waals surface area contributed by atoms with Gasteiger partial charge < -0.3 is 15.4 Å². The lowest BCUT2D eigenvalue weighted by Crippen LogP contribution is -2.23. The fourth-order valence-corrected chi connectivity index (χ4v) is 1.59. The minimum atomic E-state index is -0.147. The second kappa shape index (κ2) is 3.78. The maximum absolute atomic E-state index is 11.6. The van der Waals surface area contributed by atoms with Gasteiger partial charge in [-0.25, -0.2) is 4.79 Å². The van der Waals surface area contributed by atoms with Gasteiger partial charge in [-0.2, -0.15) is 0 Å². The Morgan fingerprint density at radius 3 is 3.07 bits per heavy atom. The van der Waals surface area contributed by atoms with Crippen LogP contribution in [0.4, 0.5) is 0 Å². The zero-order chi connectivity index (χ0) is 10.8. The molecule has 5 heteroatoms. The number of nitrogens with one attached hydrogen (secondary N) is 2. The fourth-order valence-electron chi connectivity index (χ4n) is 1.59. The summed E-state index contributed by atoms with van der Waals surface area (Å²) in [6.45, 7) is 1.29. The van der Waals surface area contributed by atoms with Crippen molar-refractivity contribution in [2.24, 2.45) is 0 Å². The normalized spacial score (nSPS) is 11.0. The molecule has 2 rings (SSSR count). The zero-order valence-corrected chi connectivity index (χ0v) is 8.45. The molecule has 0 saturated carbocycles. The number of aromatic amines is 1. The molecule has 0 radical (unpaired) electrons. The highest BCUT2D eigenvalue weighted by Crippen LogP contribution is 2.16. The molecule has 0 bridgehead atoms. The lowest BCUT2D eigenvalue weighted by Gasteiger charge is -2.02. The maximum Gasteiger partial charge on any atom is 0.326 e. The predicted octanol–water partition coefficient (Wildman–Crippen LogP) is 0.255. The van der Waals surface area contributed by atoms with Crippen molar-refractivity contribution in [3.8, 4) is 5.75 Å². The van der Waals surface area contributed by atoms with Gasteiger partial charge in [-0.1, -0.05) is 0 Å². The fraction of sp³-hybridized carbons (Fsp3) is 0.300. The minimum absolute atomic E-state index is 0.147. The summed E-state index contributed by atoms with van der Waals surface area (Å²) in [4.78, 5) is 14.3. The standard InChI is InChI=1S/C10H13N3O2/c1-11-4-5-13-9-6-7(14)2-3-8(9)12-10(13)15/h2-3,6,11,14H,4-5H2,1H3,(H,12,15). The summed E-state index contributed by atoms with van der Waals surface area (Å²) in [5, 5.41) is 12.3. The number of hydrogen-bond donors (Lipinski definition) is 3. The third-order valence-corrected chi connectivity index (χ3v) is 2.34. The molecule has 0 atom stereocenters. The quantitative estimate of drug-likeness (QED) is 0.676. The molecule has 0 amide bonds. The van der Waals surface area contributed by atoms with Gasteiger partial charge in [0.05, 0.1) is 11.0 Å². The van der Waals surface area contributed by atoms with Crippen molar-refractivity contribution in [2.45, 2.75) is 6.54 Å². The number of phenolic OH excluding ortho intramolecular Hbond substituents is 1. The smallest absolute Gasteiger partial charge is 0.326 e. The number of rotatable bonds is 3. The number of nitrogens with zero attached hydrogens (tertiary/aromatic N) is 1. The topological polar surface area (TPSA) is 70.0 Å². The molecule has 1 aromatic carbocycles. The van der Waals surface area contributed by atoms with Crippen molar-refractivity contribution in [1.29, 1.82) is 0 Å². The Balaban J connectivity index is 2.55. The van der Waals surface area contributed by atoms with Crippen molar-refractivity contribution in [3.05, 3.63) is 28.7 Å². The van der Waals surface area contributed by atoms with Gasteiger partial charge in [0.1, 0.15) is 5.75 Å². The SMILES string of the molecule is CNCCn1c(=O)[nH]c2ccc(O)cc21. The van der Waals surface area contributed by atoms with Crippen LogP contribution in [0.5, 0.6) is 5.75 Å². The van der Waals surface area contributed by atoms with E-state index < -0.39 is 0 Å². The van der Waals surface area contributed by atoms with Crippen molar-refractivity contribution >= 4 is 11.0 Å². The lowest BCUT2D eigenvalue weighted by atomic mass is 10.3. The Morgan fingerprint density at radius 1 is 1.53 bits per heavy atom. The molecular formula is C10H13N3O2. The number of benzene rings is 1. The Morgan fingerprint density at radius 2 is 2.33 bits per heavy atom. The van der Waals surface area contributed by atoms with Crippen LogP contribution in [-0.4, -0.2) is 28.3 Å². The van der Waals surface area contributed by atoms with Crippen molar-refractivity contribution in [2.75, 3.05) is 13.6 Å². The summed E-state index contributed by atoms with van der Waals surface area (Å²) < 4.78 is 1.60. The second-order valence-corrected chi connectivity index (χ2v) is 3.39. The molecule has 5 nitrogen and oxygen atoms in total. The van der Waals surface area contributed by atoms with Gasteiger partial charge in [-0.15, -0.1) is 0 Å². The molecule has 1 heterocycles. The molecule has 0 unspecified atom stereocenters. The average molecular weight is 207 g/mol. The molecule has 0 saturated heterocycles. The summed E-state index contributed by atoms with van der Waals surface area (Å²) >= 11 is 0. The summed E-state index contributed by atoms with van der Waals surface area (Å²) in [6.07, 6.45) is 0. The van der Waals surface area contributed by atoms with Crippen LogP contribution in [0.15, 0.2) is 23.0 Å². The van der Waals surface area contributed by atoms with Crippen LogP contribution in [0.2, 0.25) is 0 Å². The van der Waals surface area contributed by atoms with E-state index in [-0.39, 0.29) is 11.4 Å². The number of fused-ring (bicyclic) bond motifs is 1. The predicted molar refractivity (Wildman–Crippen MR) is 58.2 cm³/mol. The van der Waals surface area contributed by atoms with E-state index in [1.807, 2.05) is 7.05 Å². The van der Waals surface area contributed by atoms with E-state index in [0.717, 1.165) is 11.0 Å². The number of likely N-dealkylation sites (N-methyl/N-ethyl adjacent to an activating group) is 1. The molecule has 80 valence electrons. The van der Waals surface area contributed by atoms with E-state index >= 15 is 0 Å². The highest BCUT2D eigenvalue weighted by atomic mass is 16.3. The Bertz CT molecular complexity index is 527. The van der Waals surface area contributed by atoms with E-state index in [0.29, 0.717) is 13.1 Å². The third kappa shape index (κ3) is 1.73. The third-order valence-electron chi connectivity index (χ3n) is 2.34. The summed E-state index contributed by atoms with van der Waals surface area (Å²) in [7, 11) is 1.83. The summed E-state index contributed by atoms with van der Waals surface area (Å²) in [5.74, 6) is 0.166. The van der Waals surface area contributed by atoms with Gasteiger partial charge in [0.25, 0.3) is 0 Å².